The molecular formula is C16H9ClN2O5. The van der Waals surface area contributed by atoms with Crippen LogP contribution in [0.4, 0.5) is 11.4 Å². The van der Waals surface area contributed by atoms with E-state index in [1.165, 1.54) is 36.4 Å². The third-order valence-corrected chi connectivity index (χ3v) is 3.49. The lowest BCUT2D eigenvalue weighted by atomic mass is 10.1. The van der Waals surface area contributed by atoms with Crippen LogP contribution in [0.1, 0.15) is 10.4 Å². The molecule has 0 bridgehead atoms. The van der Waals surface area contributed by atoms with E-state index < -0.39 is 16.5 Å². The van der Waals surface area contributed by atoms with Crippen molar-refractivity contribution >= 4 is 39.9 Å². The average Bonchev–Trinajstić information content (AvgIpc) is 2.54. The fourth-order valence-corrected chi connectivity index (χ4v) is 2.33. The molecule has 8 heteroatoms. The summed E-state index contributed by atoms with van der Waals surface area (Å²) in [6.07, 6.45) is 0. The molecule has 0 fully saturated rings. The standard InChI is InChI=1S/C16H9ClN2O5/c17-10-4-5-14-9(6-10)7-13(16(21)24-14)15(20)18-11-2-1-3-12(8-11)19(22)23/h1-8H,(H,18,20). The molecule has 1 amide bonds. The summed E-state index contributed by atoms with van der Waals surface area (Å²) in [5, 5.41) is 14.1. The van der Waals surface area contributed by atoms with Gasteiger partial charge in [-0.1, -0.05) is 17.7 Å². The highest BCUT2D eigenvalue weighted by Crippen LogP contribution is 2.20. The molecule has 0 aliphatic rings. The first kappa shape index (κ1) is 15.7. The fraction of sp³-hybridized carbons (Fsp3) is 0. The highest BCUT2D eigenvalue weighted by atomic mass is 35.5. The summed E-state index contributed by atoms with van der Waals surface area (Å²) in [4.78, 5) is 34.4. The van der Waals surface area contributed by atoms with E-state index in [1.807, 2.05) is 0 Å². The summed E-state index contributed by atoms with van der Waals surface area (Å²) in [6, 6.07) is 11.4. The van der Waals surface area contributed by atoms with Crippen LogP contribution >= 0.6 is 11.6 Å². The van der Waals surface area contributed by atoms with Crippen LogP contribution in [-0.4, -0.2) is 10.8 Å². The molecule has 0 aliphatic carbocycles. The minimum Gasteiger partial charge on any atom is -0.422 e. The first-order chi connectivity index (χ1) is 11.4. The number of nitrogens with one attached hydrogen (secondary N) is 1. The summed E-state index contributed by atoms with van der Waals surface area (Å²) >= 11 is 5.88. The minimum absolute atomic E-state index is 0.176. The normalized spacial score (nSPS) is 10.5. The van der Waals surface area contributed by atoms with Crippen LogP contribution in [-0.2, 0) is 0 Å². The molecule has 0 atom stereocenters. The van der Waals surface area contributed by atoms with Crippen molar-refractivity contribution in [3.63, 3.8) is 0 Å². The van der Waals surface area contributed by atoms with E-state index in [-0.39, 0.29) is 16.9 Å². The Morgan fingerprint density at radius 1 is 1.17 bits per heavy atom. The second kappa shape index (κ2) is 6.13. The average molecular weight is 345 g/mol. The molecule has 3 rings (SSSR count). The number of non-ortho nitro benzene ring substituents is 1. The van der Waals surface area contributed by atoms with Gasteiger partial charge in [-0.25, -0.2) is 4.79 Å². The smallest absolute Gasteiger partial charge is 0.349 e. The summed E-state index contributed by atoms with van der Waals surface area (Å²) in [5.74, 6) is -0.730. The van der Waals surface area contributed by atoms with Crippen molar-refractivity contribution in [2.24, 2.45) is 0 Å². The van der Waals surface area contributed by atoms with Gasteiger partial charge in [0.15, 0.2) is 0 Å². The molecule has 2 aromatic carbocycles. The molecular weight excluding hydrogens is 336 g/mol. The number of hydrogen-bond acceptors (Lipinski definition) is 5. The monoisotopic (exact) mass is 344 g/mol. The number of rotatable bonds is 3. The van der Waals surface area contributed by atoms with Crippen molar-refractivity contribution in [2.75, 3.05) is 5.32 Å². The molecule has 3 aromatic rings. The Morgan fingerprint density at radius 2 is 1.96 bits per heavy atom. The van der Waals surface area contributed by atoms with Crippen LogP contribution in [0.3, 0.4) is 0 Å². The van der Waals surface area contributed by atoms with Gasteiger partial charge < -0.3 is 9.73 Å². The van der Waals surface area contributed by atoms with Gasteiger partial charge in [0.25, 0.3) is 11.6 Å². The van der Waals surface area contributed by atoms with Crippen LogP contribution in [0.25, 0.3) is 11.0 Å². The Balaban J connectivity index is 1.96. The van der Waals surface area contributed by atoms with Gasteiger partial charge in [0.2, 0.25) is 0 Å². The van der Waals surface area contributed by atoms with E-state index in [2.05, 4.69) is 5.32 Å². The van der Waals surface area contributed by atoms with E-state index >= 15 is 0 Å². The Kier molecular flexibility index (Phi) is 4.01. The number of carbonyl (C=O) groups excluding carboxylic acids is 1. The molecule has 24 heavy (non-hydrogen) atoms. The van der Waals surface area contributed by atoms with Crippen LogP contribution in [0.2, 0.25) is 5.02 Å². The summed E-state index contributed by atoms with van der Waals surface area (Å²) in [5.41, 5.74) is -0.717. The lowest BCUT2D eigenvalue weighted by Gasteiger charge is -2.05. The molecule has 0 unspecified atom stereocenters. The predicted molar refractivity (Wildman–Crippen MR) is 88.5 cm³/mol. The molecule has 1 N–H and O–H groups in total. The maximum absolute atomic E-state index is 12.3. The van der Waals surface area contributed by atoms with E-state index in [9.17, 15) is 19.7 Å². The number of fused-ring (bicyclic) bond motifs is 1. The fourth-order valence-electron chi connectivity index (χ4n) is 2.15. The number of carbonyl (C=O) groups is 1. The van der Waals surface area contributed by atoms with Crippen molar-refractivity contribution in [1.82, 2.24) is 0 Å². The molecule has 120 valence electrons. The van der Waals surface area contributed by atoms with Gasteiger partial charge in [0.05, 0.1) is 4.92 Å². The van der Waals surface area contributed by atoms with Crippen LogP contribution in [0.15, 0.2) is 57.7 Å². The van der Waals surface area contributed by atoms with Gasteiger partial charge in [-0.15, -0.1) is 0 Å². The number of nitro benzene ring substituents is 1. The summed E-state index contributed by atoms with van der Waals surface area (Å²) in [6.45, 7) is 0. The number of halogens is 1. The van der Waals surface area contributed by atoms with Crippen molar-refractivity contribution in [1.29, 1.82) is 0 Å². The number of nitrogens with zero attached hydrogens (tertiary/aromatic N) is 1. The molecule has 1 heterocycles. The SMILES string of the molecule is O=C(Nc1cccc([N+](=O)[O-])c1)c1cc2cc(Cl)ccc2oc1=O. The Bertz CT molecular complexity index is 1030. The zero-order chi connectivity index (χ0) is 17.3. The third kappa shape index (κ3) is 3.11. The maximum atomic E-state index is 12.3. The largest absolute Gasteiger partial charge is 0.422 e. The quantitative estimate of drug-likeness (QED) is 0.444. The number of benzene rings is 2. The number of nitro groups is 1. The molecule has 0 spiro atoms. The maximum Gasteiger partial charge on any atom is 0.349 e. The van der Waals surface area contributed by atoms with Gasteiger partial charge in [0, 0.05) is 28.2 Å². The minimum atomic E-state index is -0.812. The molecule has 0 aliphatic heterocycles. The van der Waals surface area contributed by atoms with Gasteiger partial charge >= 0.3 is 5.63 Å². The van der Waals surface area contributed by atoms with E-state index in [0.29, 0.717) is 16.0 Å². The van der Waals surface area contributed by atoms with Crippen LogP contribution < -0.4 is 10.9 Å². The van der Waals surface area contributed by atoms with Crippen molar-refractivity contribution < 1.29 is 14.1 Å². The Morgan fingerprint density at radius 3 is 2.71 bits per heavy atom. The Labute approximate surface area is 139 Å². The van der Waals surface area contributed by atoms with E-state index in [4.69, 9.17) is 16.0 Å². The zero-order valence-corrected chi connectivity index (χ0v) is 12.7. The molecule has 0 saturated carbocycles. The summed E-state index contributed by atoms with van der Waals surface area (Å²) in [7, 11) is 0. The highest BCUT2D eigenvalue weighted by molar-refractivity contribution is 6.31. The first-order valence-corrected chi connectivity index (χ1v) is 7.11. The second-order valence-electron chi connectivity index (χ2n) is 4.89. The molecule has 1 aromatic heterocycles. The highest BCUT2D eigenvalue weighted by Gasteiger charge is 2.15. The Hall–Kier alpha value is -3.19. The second-order valence-corrected chi connectivity index (χ2v) is 5.33. The third-order valence-electron chi connectivity index (χ3n) is 3.25. The van der Waals surface area contributed by atoms with E-state index in [0.717, 1.165) is 0 Å². The molecule has 0 radical (unpaired) electrons. The van der Waals surface area contributed by atoms with Gasteiger partial charge in [-0.2, -0.15) is 0 Å². The molecule has 0 saturated heterocycles. The van der Waals surface area contributed by atoms with Crippen molar-refractivity contribution in [3.05, 3.63) is 79.7 Å². The van der Waals surface area contributed by atoms with Crippen LogP contribution in [0, 0.1) is 10.1 Å². The topological polar surface area (TPSA) is 102 Å². The van der Waals surface area contributed by atoms with Crippen molar-refractivity contribution in [2.45, 2.75) is 0 Å². The van der Waals surface area contributed by atoms with Crippen LogP contribution in [0.5, 0.6) is 0 Å². The van der Waals surface area contributed by atoms with Gasteiger partial charge in [0.1, 0.15) is 11.1 Å². The van der Waals surface area contributed by atoms with Gasteiger partial charge in [-0.05, 0) is 30.3 Å². The van der Waals surface area contributed by atoms with Gasteiger partial charge in [-0.3, -0.25) is 14.9 Å². The number of amides is 1. The number of hydrogen-bond donors (Lipinski definition) is 1. The number of anilines is 1. The van der Waals surface area contributed by atoms with Crippen molar-refractivity contribution in [3.8, 4) is 0 Å². The molecule has 7 nitrogen and oxygen atoms in total. The summed E-state index contributed by atoms with van der Waals surface area (Å²) < 4.78 is 5.09. The van der Waals surface area contributed by atoms with E-state index in [1.54, 1.807) is 12.1 Å². The first-order valence-electron chi connectivity index (χ1n) is 6.73. The zero-order valence-electron chi connectivity index (χ0n) is 12.0. The lowest BCUT2D eigenvalue weighted by molar-refractivity contribution is -0.384. The predicted octanol–water partition coefficient (Wildman–Crippen LogP) is 3.61. The lowest BCUT2D eigenvalue weighted by Crippen LogP contribution is -2.20.